The summed E-state index contributed by atoms with van der Waals surface area (Å²) in [6.45, 7) is 1.95. The molecule has 0 aliphatic heterocycles. The monoisotopic (exact) mass is 282 g/mol. The maximum atomic E-state index is 12.1. The van der Waals surface area contributed by atoms with Crippen molar-refractivity contribution in [2.75, 3.05) is 0 Å². The highest BCUT2D eigenvalue weighted by atomic mass is 16.2. The second-order valence-electron chi connectivity index (χ2n) is 4.92. The van der Waals surface area contributed by atoms with E-state index in [1.54, 1.807) is 24.3 Å². The van der Waals surface area contributed by atoms with Crippen molar-refractivity contribution in [3.8, 4) is 0 Å². The molecule has 1 unspecified atom stereocenters. The molecule has 0 spiro atoms. The lowest BCUT2D eigenvalue weighted by Gasteiger charge is -2.16. The molecule has 1 atom stereocenters. The first kappa shape index (κ1) is 14.8. The molecule has 0 heterocycles. The van der Waals surface area contributed by atoms with Crippen LogP contribution in [0, 0.1) is 6.92 Å². The van der Waals surface area contributed by atoms with Gasteiger partial charge in [0.05, 0.1) is 6.42 Å². The minimum absolute atomic E-state index is 0.225. The van der Waals surface area contributed by atoms with Crippen LogP contribution in [-0.2, 0) is 16.0 Å². The Balaban J connectivity index is 2.10. The maximum Gasteiger partial charge on any atom is 0.244 e. The third kappa shape index (κ3) is 3.92. The lowest BCUT2D eigenvalue weighted by Crippen LogP contribution is -2.38. The van der Waals surface area contributed by atoms with Crippen LogP contribution in [0.15, 0.2) is 54.6 Å². The van der Waals surface area contributed by atoms with Crippen LogP contribution < -0.4 is 11.1 Å². The summed E-state index contributed by atoms with van der Waals surface area (Å²) in [5.41, 5.74) is 8.05. The number of nitrogens with one attached hydrogen (secondary N) is 1. The van der Waals surface area contributed by atoms with Crippen molar-refractivity contribution >= 4 is 11.8 Å². The number of carbonyl (C=O) groups is 2. The van der Waals surface area contributed by atoms with Gasteiger partial charge in [-0.3, -0.25) is 9.59 Å². The van der Waals surface area contributed by atoms with Gasteiger partial charge in [-0.15, -0.1) is 0 Å². The van der Waals surface area contributed by atoms with Crippen LogP contribution in [0.25, 0.3) is 0 Å². The number of rotatable bonds is 5. The fourth-order valence-corrected chi connectivity index (χ4v) is 2.16. The summed E-state index contributed by atoms with van der Waals surface area (Å²) < 4.78 is 0. The number of hydrogen-bond donors (Lipinski definition) is 2. The number of hydrogen-bond acceptors (Lipinski definition) is 2. The summed E-state index contributed by atoms with van der Waals surface area (Å²) in [4.78, 5) is 23.7. The molecule has 0 bridgehead atoms. The summed E-state index contributed by atoms with van der Waals surface area (Å²) >= 11 is 0. The van der Waals surface area contributed by atoms with Crippen molar-refractivity contribution in [1.82, 2.24) is 5.32 Å². The summed E-state index contributed by atoms with van der Waals surface area (Å²) in [6.07, 6.45) is 0.225. The zero-order valence-corrected chi connectivity index (χ0v) is 11.9. The number of benzene rings is 2. The van der Waals surface area contributed by atoms with Gasteiger partial charge < -0.3 is 11.1 Å². The van der Waals surface area contributed by atoms with E-state index in [4.69, 9.17) is 5.73 Å². The number of amides is 2. The van der Waals surface area contributed by atoms with Crippen LogP contribution in [0.3, 0.4) is 0 Å². The Morgan fingerprint density at radius 1 is 1.05 bits per heavy atom. The van der Waals surface area contributed by atoms with Crippen LogP contribution in [0.4, 0.5) is 0 Å². The minimum atomic E-state index is -0.803. The zero-order valence-electron chi connectivity index (χ0n) is 11.9. The van der Waals surface area contributed by atoms with Crippen LogP contribution in [-0.4, -0.2) is 11.8 Å². The third-order valence-electron chi connectivity index (χ3n) is 3.34. The van der Waals surface area contributed by atoms with Crippen LogP contribution in [0.2, 0.25) is 0 Å². The molecule has 2 aromatic rings. The molecule has 0 aliphatic rings. The highest BCUT2D eigenvalue weighted by Gasteiger charge is 2.20. The van der Waals surface area contributed by atoms with E-state index in [-0.39, 0.29) is 12.3 Å². The highest BCUT2D eigenvalue weighted by Crippen LogP contribution is 2.13. The molecule has 21 heavy (non-hydrogen) atoms. The second kappa shape index (κ2) is 6.70. The van der Waals surface area contributed by atoms with Crippen LogP contribution >= 0.6 is 0 Å². The SMILES string of the molecule is Cc1ccccc1CC(=O)NC(C(N)=O)c1ccccc1. The van der Waals surface area contributed by atoms with E-state index in [9.17, 15) is 9.59 Å². The van der Waals surface area contributed by atoms with E-state index < -0.39 is 11.9 Å². The average molecular weight is 282 g/mol. The summed E-state index contributed by atoms with van der Waals surface area (Å²) in [6, 6.07) is 15.8. The molecular weight excluding hydrogens is 264 g/mol. The summed E-state index contributed by atoms with van der Waals surface area (Å²) in [5.74, 6) is -0.795. The molecule has 4 nitrogen and oxygen atoms in total. The first-order valence-electron chi connectivity index (χ1n) is 6.76. The van der Waals surface area contributed by atoms with E-state index in [0.29, 0.717) is 5.56 Å². The topological polar surface area (TPSA) is 72.2 Å². The second-order valence-corrected chi connectivity index (χ2v) is 4.92. The number of primary amides is 1. The predicted octanol–water partition coefficient (Wildman–Crippen LogP) is 1.88. The first-order valence-corrected chi connectivity index (χ1v) is 6.76. The van der Waals surface area contributed by atoms with Gasteiger partial charge in [-0.25, -0.2) is 0 Å². The molecule has 0 aliphatic carbocycles. The van der Waals surface area contributed by atoms with E-state index in [0.717, 1.165) is 11.1 Å². The van der Waals surface area contributed by atoms with Crippen LogP contribution in [0.1, 0.15) is 22.7 Å². The van der Waals surface area contributed by atoms with Crippen molar-refractivity contribution in [1.29, 1.82) is 0 Å². The molecule has 108 valence electrons. The molecule has 0 saturated carbocycles. The van der Waals surface area contributed by atoms with Crippen LogP contribution in [0.5, 0.6) is 0 Å². The Hall–Kier alpha value is -2.62. The standard InChI is InChI=1S/C17H18N2O2/c1-12-7-5-6-10-14(12)11-15(20)19-16(17(18)21)13-8-3-2-4-9-13/h2-10,16H,11H2,1H3,(H2,18,21)(H,19,20). The van der Waals surface area contributed by atoms with Gasteiger partial charge in [0.2, 0.25) is 11.8 Å². The molecule has 2 rings (SSSR count). The predicted molar refractivity (Wildman–Crippen MR) is 81.4 cm³/mol. The molecular formula is C17H18N2O2. The van der Waals surface area contributed by atoms with Crippen molar-refractivity contribution in [2.45, 2.75) is 19.4 Å². The van der Waals surface area contributed by atoms with Gasteiger partial charge >= 0.3 is 0 Å². The zero-order chi connectivity index (χ0) is 15.2. The normalized spacial score (nSPS) is 11.7. The molecule has 2 aromatic carbocycles. The Morgan fingerprint density at radius 3 is 2.29 bits per heavy atom. The fraction of sp³-hybridized carbons (Fsp3) is 0.176. The first-order chi connectivity index (χ1) is 10.1. The lowest BCUT2D eigenvalue weighted by atomic mass is 10.0. The van der Waals surface area contributed by atoms with Crippen molar-refractivity contribution < 1.29 is 9.59 Å². The maximum absolute atomic E-state index is 12.1. The Morgan fingerprint density at radius 2 is 1.67 bits per heavy atom. The smallest absolute Gasteiger partial charge is 0.244 e. The van der Waals surface area contributed by atoms with Gasteiger partial charge in [0.15, 0.2) is 0 Å². The molecule has 4 heteroatoms. The van der Waals surface area contributed by atoms with Crippen molar-refractivity contribution in [3.05, 3.63) is 71.3 Å². The average Bonchev–Trinajstić information content (AvgIpc) is 2.48. The van der Waals surface area contributed by atoms with E-state index in [1.807, 2.05) is 37.3 Å². The minimum Gasteiger partial charge on any atom is -0.368 e. The van der Waals surface area contributed by atoms with E-state index in [2.05, 4.69) is 5.32 Å². The van der Waals surface area contributed by atoms with Gasteiger partial charge in [-0.05, 0) is 23.6 Å². The van der Waals surface area contributed by atoms with Gasteiger partial charge in [-0.2, -0.15) is 0 Å². The molecule has 0 radical (unpaired) electrons. The number of carbonyl (C=O) groups excluding carboxylic acids is 2. The lowest BCUT2D eigenvalue weighted by molar-refractivity contribution is -0.127. The van der Waals surface area contributed by atoms with Crippen molar-refractivity contribution in [2.24, 2.45) is 5.73 Å². The van der Waals surface area contributed by atoms with E-state index in [1.165, 1.54) is 0 Å². The van der Waals surface area contributed by atoms with Crippen molar-refractivity contribution in [3.63, 3.8) is 0 Å². The quantitative estimate of drug-likeness (QED) is 0.879. The van der Waals surface area contributed by atoms with E-state index >= 15 is 0 Å². The summed E-state index contributed by atoms with van der Waals surface area (Å²) in [7, 11) is 0. The fourth-order valence-electron chi connectivity index (χ4n) is 2.16. The largest absolute Gasteiger partial charge is 0.368 e. The highest BCUT2D eigenvalue weighted by molar-refractivity contribution is 5.88. The van der Waals surface area contributed by atoms with Gasteiger partial charge in [-0.1, -0.05) is 54.6 Å². The Kier molecular flexibility index (Phi) is 4.72. The third-order valence-corrected chi connectivity index (χ3v) is 3.34. The molecule has 0 fully saturated rings. The molecule has 3 N–H and O–H groups in total. The van der Waals surface area contributed by atoms with Gasteiger partial charge in [0, 0.05) is 0 Å². The molecule has 0 saturated heterocycles. The van der Waals surface area contributed by atoms with Gasteiger partial charge in [0.1, 0.15) is 6.04 Å². The number of aryl methyl sites for hydroxylation is 1. The van der Waals surface area contributed by atoms with Gasteiger partial charge in [0.25, 0.3) is 0 Å². The Bertz CT molecular complexity index is 638. The molecule has 0 aromatic heterocycles. The Labute approximate surface area is 124 Å². The summed E-state index contributed by atoms with van der Waals surface area (Å²) in [5, 5.41) is 2.69. The number of nitrogens with two attached hydrogens (primary N) is 1. The molecule has 2 amide bonds.